The highest BCUT2D eigenvalue weighted by atomic mass is 19.4. The highest BCUT2D eigenvalue weighted by molar-refractivity contribution is 5.98. The molecular formula is C22H20F3N3O3. The molecule has 0 saturated carbocycles. The lowest BCUT2D eigenvalue weighted by molar-refractivity contribution is -0.137. The van der Waals surface area contributed by atoms with Crippen molar-refractivity contribution in [3.8, 4) is 22.9 Å². The summed E-state index contributed by atoms with van der Waals surface area (Å²) in [6.07, 6.45) is -3.22. The van der Waals surface area contributed by atoms with E-state index < -0.39 is 17.5 Å². The Hall–Kier alpha value is -3.36. The number of likely N-dealkylation sites (tertiary alicyclic amines) is 1. The molecule has 6 nitrogen and oxygen atoms in total. The molecule has 2 aromatic carbocycles. The molecule has 1 N–H and O–H groups in total. The zero-order chi connectivity index (χ0) is 22.2. The first kappa shape index (κ1) is 20.9. The highest BCUT2D eigenvalue weighted by Crippen LogP contribution is 2.39. The van der Waals surface area contributed by atoms with Gasteiger partial charge in [-0.1, -0.05) is 18.2 Å². The Morgan fingerprint density at radius 1 is 1.16 bits per heavy atom. The number of rotatable bonds is 3. The number of amides is 1. The lowest BCUT2D eigenvalue weighted by Crippen LogP contribution is -2.43. The molecule has 4 rings (SSSR count). The first-order valence-corrected chi connectivity index (χ1v) is 9.82. The van der Waals surface area contributed by atoms with Crippen molar-refractivity contribution < 1.29 is 27.8 Å². The van der Waals surface area contributed by atoms with Crippen LogP contribution in [0.4, 0.5) is 13.2 Å². The summed E-state index contributed by atoms with van der Waals surface area (Å²) in [5, 5.41) is 19.7. The molecule has 0 bridgehead atoms. The van der Waals surface area contributed by atoms with Crippen LogP contribution in [-0.2, 0) is 11.0 Å². The SMILES string of the molecule is CC(=O)N1CCCC(Oc2nnc(-c3ccc(C(F)(F)F)cc3O)c3ccccc23)C1. The Morgan fingerprint density at radius 3 is 2.58 bits per heavy atom. The maximum absolute atomic E-state index is 12.9. The van der Waals surface area contributed by atoms with Crippen LogP contribution in [0, 0.1) is 0 Å². The molecule has 1 aromatic heterocycles. The van der Waals surface area contributed by atoms with Gasteiger partial charge in [0.2, 0.25) is 11.8 Å². The van der Waals surface area contributed by atoms with Gasteiger partial charge in [-0.15, -0.1) is 10.2 Å². The molecule has 1 unspecified atom stereocenters. The van der Waals surface area contributed by atoms with E-state index in [9.17, 15) is 23.1 Å². The van der Waals surface area contributed by atoms with Gasteiger partial charge >= 0.3 is 6.18 Å². The van der Waals surface area contributed by atoms with Gasteiger partial charge in [0.15, 0.2) is 0 Å². The van der Waals surface area contributed by atoms with Crippen molar-refractivity contribution in [2.45, 2.75) is 32.0 Å². The molecule has 9 heteroatoms. The molecule has 3 aromatic rings. The van der Waals surface area contributed by atoms with Gasteiger partial charge in [0, 0.05) is 29.8 Å². The maximum atomic E-state index is 12.9. The third kappa shape index (κ3) is 4.26. The normalized spacial score (nSPS) is 17.0. The van der Waals surface area contributed by atoms with E-state index >= 15 is 0 Å². The van der Waals surface area contributed by atoms with Crippen molar-refractivity contribution in [3.05, 3.63) is 48.0 Å². The van der Waals surface area contributed by atoms with E-state index in [2.05, 4.69) is 10.2 Å². The van der Waals surface area contributed by atoms with Crippen molar-refractivity contribution in [2.24, 2.45) is 0 Å². The van der Waals surface area contributed by atoms with Gasteiger partial charge in [-0.2, -0.15) is 13.2 Å². The van der Waals surface area contributed by atoms with E-state index in [1.165, 1.54) is 13.0 Å². The Kier molecular flexibility index (Phi) is 5.43. The Labute approximate surface area is 176 Å². The number of phenolic OH excluding ortho intramolecular Hbond substituents is 1. The van der Waals surface area contributed by atoms with Crippen LogP contribution in [-0.4, -0.2) is 45.3 Å². The second kappa shape index (κ2) is 8.05. The van der Waals surface area contributed by atoms with E-state index in [0.29, 0.717) is 29.9 Å². The summed E-state index contributed by atoms with van der Waals surface area (Å²) in [6, 6.07) is 9.82. The number of phenols is 1. The summed E-state index contributed by atoms with van der Waals surface area (Å²) < 4.78 is 44.8. The van der Waals surface area contributed by atoms with Crippen LogP contribution >= 0.6 is 0 Å². The van der Waals surface area contributed by atoms with Crippen molar-refractivity contribution >= 4 is 16.7 Å². The number of aromatic hydroxyl groups is 1. The summed E-state index contributed by atoms with van der Waals surface area (Å²) >= 11 is 0. The molecular weight excluding hydrogens is 411 g/mol. The number of ether oxygens (including phenoxy) is 1. The summed E-state index contributed by atoms with van der Waals surface area (Å²) in [5.41, 5.74) is -0.551. The number of piperidine rings is 1. The Morgan fingerprint density at radius 2 is 1.90 bits per heavy atom. The number of aromatic nitrogens is 2. The molecule has 2 heterocycles. The minimum Gasteiger partial charge on any atom is -0.507 e. The predicted molar refractivity (Wildman–Crippen MR) is 108 cm³/mol. The van der Waals surface area contributed by atoms with Gasteiger partial charge in [0.05, 0.1) is 12.1 Å². The fourth-order valence-electron chi connectivity index (χ4n) is 3.75. The van der Waals surface area contributed by atoms with Crippen LogP contribution in [0.2, 0.25) is 0 Å². The Bertz CT molecular complexity index is 1130. The minimum absolute atomic E-state index is 0.0163. The molecule has 31 heavy (non-hydrogen) atoms. The van der Waals surface area contributed by atoms with Crippen molar-refractivity contribution in [2.75, 3.05) is 13.1 Å². The molecule has 1 aliphatic rings. The largest absolute Gasteiger partial charge is 0.507 e. The smallest absolute Gasteiger partial charge is 0.416 e. The zero-order valence-corrected chi connectivity index (χ0v) is 16.7. The van der Waals surface area contributed by atoms with Gasteiger partial charge in [-0.25, -0.2) is 0 Å². The van der Waals surface area contributed by atoms with Gasteiger partial charge in [-0.3, -0.25) is 4.79 Å². The molecule has 0 spiro atoms. The van der Waals surface area contributed by atoms with Gasteiger partial charge in [-0.05, 0) is 37.1 Å². The molecule has 1 amide bonds. The average molecular weight is 431 g/mol. The van der Waals surface area contributed by atoms with Crippen molar-refractivity contribution in [1.82, 2.24) is 15.1 Å². The molecule has 0 aliphatic carbocycles. The van der Waals surface area contributed by atoms with Crippen molar-refractivity contribution in [3.63, 3.8) is 0 Å². The lowest BCUT2D eigenvalue weighted by atomic mass is 10.0. The summed E-state index contributed by atoms with van der Waals surface area (Å²) in [6.45, 7) is 2.66. The zero-order valence-electron chi connectivity index (χ0n) is 16.7. The number of carbonyl (C=O) groups excluding carboxylic acids is 1. The maximum Gasteiger partial charge on any atom is 0.416 e. The molecule has 1 saturated heterocycles. The molecule has 162 valence electrons. The first-order valence-electron chi connectivity index (χ1n) is 9.82. The second-order valence-electron chi connectivity index (χ2n) is 7.48. The fraction of sp³-hybridized carbons (Fsp3) is 0.318. The second-order valence-corrected chi connectivity index (χ2v) is 7.48. The monoisotopic (exact) mass is 431 g/mol. The standard InChI is InChI=1S/C22H20F3N3O3/c1-13(29)28-10-4-5-15(12-28)31-21-17-7-3-2-6-16(17)20(26-27-21)18-9-8-14(11-19(18)30)22(23,24)25/h2-3,6-9,11,15,30H,4-5,10,12H2,1H3. The van der Waals surface area contributed by atoms with E-state index in [1.807, 2.05) is 0 Å². The Balaban J connectivity index is 1.70. The number of alkyl halides is 3. The van der Waals surface area contributed by atoms with Crippen LogP contribution in [0.25, 0.3) is 22.0 Å². The van der Waals surface area contributed by atoms with Crippen LogP contribution in [0.1, 0.15) is 25.3 Å². The topological polar surface area (TPSA) is 75.6 Å². The third-order valence-corrected chi connectivity index (χ3v) is 5.34. The molecule has 0 radical (unpaired) electrons. The number of carbonyl (C=O) groups is 1. The number of halogens is 3. The van der Waals surface area contributed by atoms with Gasteiger partial charge in [0.25, 0.3) is 0 Å². The van der Waals surface area contributed by atoms with Crippen molar-refractivity contribution in [1.29, 1.82) is 0 Å². The van der Waals surface area contributed by atoms with E-state index in [-0.39, 0.29) is 29.1 Å². The molecule has 1 atom stereocenters. The van der Waals surface area contributed by atoms with Crippen LogP contribution < -0.4 is 4.74 Å². The third-order valence-electron chi connectivity index (χ3n) is 5.34. The summed E-state index contributed by atoms with van der Waals surface area (Å²) in [4.78, 5) is 13.4. The van der Waals surface area contributed by atoms with Gasteiger partial charge in [0.1, 0.15) is 17.5 Å². The van der Waals surface area contributed by atoms with E-state index in [4.69, 9.17) is 4.74 Å². The first-order chi connectivity index (χ1) is 14.7. The highest BCUT2D eigenvalue weighted by Gasteiger charge is 2.31. The lowest BCUT2D eigenvalue weighted by Gasteiger charge is -2.32. The number of hydrogen-bond donors (Lipinski definition) is 1. The minimum atomic E-state index is -4.56. The fourth-order valence-corrected chi connectivity index (χ4v) is 3.75. The number of fused-ring (bicyclic) bond motifs is 1. The summed E-state index contributed by atoms with van der Waals surface area (Å²) in [5.74, 6) is -0.272. The number of benzene rings is 2. The quantitative estimate of drug-likeness (QED) is 0.665. The predicted octanol–water partition coefficient (Wildman–Crippen LogP) is 4.41. The average Bonchev–Trinajstić information content (AvgIpc) is 2.74. The van der Waals surface area contributed by atoms with Crippen LogP contribution in [0.5, 0.6) is 11.6 Å². The summed E-state index contributed by atoms with van der Waals surface area (Å²) in [7, 11) is 0. The van der Waals surface area contributed by atoms with E-state index in [0.717, 1.165) is 18.9 Å². The van der Waals surface area contributed by atoms with Crippen LogP contribution in [0.15, 0.2) is 42.5 Å². The molecule has 1 fully saturated rings. The molecule has 1 aliphatic heterocycles. The number of hydrogen-bond acceptors (Lipinski definition) is 5. The van der Waals surface area contributed by atoms with Crippen LogP contribution in [0.3, 0.4) is 0 Å². The number of nitrogens with zero attached hydrogens (tertiary/aromatic N) is 3. The van der Waals surface area contributed by atoms with E-state index in [1.54, 1.807) is 29.2 Å². The van der Waals surface area contributed by atoms with Gasteiger partial charge < -0.3 is 14.7 Å².